The van der Waals surface area contributed by atoms with Crippen LogP contribution in [-0.2, 0) is 5.41 Å². The van der Waals surface area contributed by atoms with E-state index in [0.29, 0.717) is 0 Å². The van der Waals surface area contributed by atoms with E-state index in [-0.39, 0.29) is 5.41 Å². The van der Waals surface area contributed by atoms with Crippen LogP contribution in [0, 0.1) is 6.92 Å². The summed E-state index contributed by atoms with van der Waals surface area (Å²) >= 11 is 1.80. The molecule has 0 aliphatic carbocycles. The van der Waals surface area contributed by atoms with E-state index in [1.807, 2.05) is 31.2 Å². The molecular weight excluding hydrogens is 278 g/mol. The van der Waals surface area contributed by atoms with Gasteiger partial charge in [-0.15, -0.1) is 11.3 Å². The molecule has 0 fully saturated rings. The fourth-order valence-corrected chi connectivity index (χ4v) is 3.16. The predicted octanol–water partition coefficient (Wildman–Crippen LogP) is 4.39. The second-order valence-corrected chi connectivity index (χ2v) is 6.81. The number of nitrogens with one attached hydrogen (secondary N) is 1. The third kappa shape index (κ3) is 2.90. The lowest BCUT2D eigenvalue weighted by molar-refractivity contribution is 0.568. The van der Waals surface area contributed by atoms with Gasteiger partial charge >= 0.3 is 0 Å². The van der Waals surface area contributed by atoms with E-state index in [0.717, 1.165) is 29.1 Å². The lowest BCUT2D eigenvalue weighted by atomic mass is 9.91. The van der Waals surface area contributed by atoms with Crippen molar-refractivity contribution in [3.63, 3.8) is 0 Å². The van der Waals surface area contributed by atoms with Crippen LogP contribution >= 0.6 is 11.3 Å². The molecule has 1 aromatic carbocycles. The van der Waals surface area contributed by atoms with E-state index >= 15 is 0 Å². The molecule has 0 saturated carbocycles. The van der Waals surface area contributed by atoms with Crippen molar-refractivity contribution in [2.45, 2.75) is 26.2 Å². The molecule has 0 aliphatic rings. The molecule has 3 nitrogen and oxygen atoms in total. The van der Waals surface area contributed by atoms with Gasteiger partial charge in [0.15, 0.2) is 0 Å². The number of nitrogens with zero attached hydrogens (tertiary/aromatic N) is 2. The van der Waals surface area contributed by atoms with Gasteiger partial charge < -0.3 is 5.32 Å². The summed E-state index contributed by atoms with van der Waals surface area (Å²) in [7, 11) is 0. The summed E-state index contributed by atoms with van der Waals surface area (Å²) in [6.45, 7) is 7.33. The largest absolute Gasteiger partial charge is 0.368 e. The Hall–Kier alpha value is -1.94. The molecule has 0 bridgehead atoms. The maximum atomic E-state index is 4.69. The maximum absolute atomic E-state index is 4.69. The third-order valence-electron chi connectivity index (χ3n) is 3.63. The van der Waals surface area contributed by atoms with Crippen molar-refractivity contribution in [3.8, 4) is 0 Å². The standard InChI is InChI=1S/C17H19N3S/c1-12-16(20-14-8-5-4-7-13(14)19-12)18-11-17(2,3)15-9-6-10-21-15/h4-10H,11H2,1-3H3,(H,18,20). The molecule has 21 heavy (non-hydrogen) atoms. The second-order valence-electron chi connectivity index (χ2n) is 5.86. The van der Waals surface area contributed by atoms with Gasteiger partial charge in [-0.1, -0.05) is 32.0 Å². The van der Waals surface area contributed by atoms with Crippen molar-refractivity contribution in [2.24, 2.45) is 0 Å². The Bertz CT molecular complexity index is 748. The zero-order chi connectivity index (χ0) is 14.9. The van der Waals surface area contributed by atoms with E-state index in [4.69, 9.17) is 0 Å². The molecule has 1 N–H and O–H groups in total. The van der Waals surface area contributed by atoms with Crippen molar-refractivity contribution in [1.82, 2.24) is 9.97 Å². The monoisotopic (exact) mass is 297 g/mol. The molecule has 0 atom stereocenters. The summed E-state index contributed by atoms with van der Waals surface area (Å²) < 4.78 is 0. The Morgan fingerprint density at radius 2 is 1.76 bits per heavy atom. The predicted molar refractivity (Wildman–Crippen MR) is 90.1 cm³/mol. The first-order valence-corrected chi connectivity index (χ1v) is 7.95. The number of aromatic nitrogens is 2. The van der Waals surface area contributed by atoms with E-state index < -0.39 is 0 Å². The number of rotatable bonds is 4. The highest BCUT2D eigenvalue weighted by Crippen LogP contribution is 2.28. The number of hydrogen-bond acceptors (Lipinski definition) is 4. The fraction of sp³-hybridized carbons (Fsp3) is 0.294. The Morgan fingerprint density at radius 3 is 2.43 bits per heavy atom. The lowest BCUT2D eigenvalue weighted by Crippen LogP contribution is -2.27. The Labute approximate surface area is 129 Å². The van der Waals surface area contributed by atoms with E-state index in [1.165, 1.54) is 4.88 Å². The Kier molecular flexibility index (Phi) is 3.64. The summed E-state index contributed by atoms with van der Waals surface area (Å²) in [6, 6.07) is 12.3. The van der Waals surface area contributed by atoms with Gasteiger partial charge in [0.2, 0.25) is 0 Å². The van der Waals surface area contributed by atoms with Crippen molar-refractivity contribution >= 4 is 28.2 Å². The van der Waals surface area contributed by atoms with Crippen molar-refractivity contribution in [2.75, 3.05) is 11.9 Å². The minimum atomic E-state index is 0.0773. The number of benzene rings is 1. The molecule has 0 amide bonds. The van der Waals surface area contributed by atoms with Gasteiger partial charge in [0, 0.05) is 16.8 Å². The Morgan fingerprint density at radius 1 is 1.05 bits per heavy atom. The number of aryl methyl sites for hydroxylation is 1. The zero-order valence-corrected chi connectivity index (χ0v) is 13.4. The van der Waals surface area contributed by atoms with Gasteiger partial charge in [0.1, 0.15) is 5.82 Å². The molecule has 0 radical (unpaired) electrons. The van der Waals surface area contributed by atoms with Crippen molar-refractivity contribution < 1.29 is 0 Å². The summed E-state index contributed by atoms with van der Waals surface area (Å²) in [5.41, 5.74) is 2.89. The van der Waals surface area contributed by atoms with E-state index in [1.54, 1.807) is 11.3 Å². The molecule has 4 heteroatoms. The van der Waals surface area contributed by atoms with Gasteiger partial charge in [-0.2, -0.15) is 0 Å². The normalized spacial score (nSPS) is 11.8. The number of fused-ring (bicyclic) bond motifs is 1. The molecule has 2 aromatic heterocycles. The van der Waals surface area contributed by atoms with Gasteiger partial charge in [0.05, 0.1) is 16.7 Å². The first kappa shape index (κ1) is 14.0. The number of para-hydroxylation sites is 2. The molecule has 0 aliphatic heterocycles. The van der Waals surface area contributed by atoms with Crippen molar-refractivity contribution in [3.05, 3.63) is 52.3 Å². The van der Waals surface area contributed by atoms with Gasteiger partial charge in [-0.25, -0.2) is 9.97 Å². The smallest absolute Gasteiger partial charge is 0.148 e. The average molecular weight is 297 g/mol. The molecule has 0 saturated heterocycles. The first-order valence-electron chi connectivity index (χ1n) is 7.07. The van der Waals surface area contributed by atoms with Crippen LogP contribution in [-0.4, -0.2) is 16.5 Å². The maximum Gasteiger partial charge on any atom is 0.148 e. The van der Waals surface area contributed by atoms with Crippen LogP contribution in [0.25, 0.3) is 11.0 Å². The summed E-state index contributed by atoms with van der Waals surface area (Å²) in [5.74, 6) is 0.873. The fourth-order valence-electron chi connectivity index (χ4n) is 2.31. The van der Waals surface area contributed by atoms with Crippen LogP contribution < -0.4 is 5.32 Å². The highest BCUT2D eigenvalue weighted by molar-refractivity contribution is 7.10. The quantitative estimate of drug-likeness (QED) is 0.776. The molecule has 3 rings (SSSR count). The summed E-state index contributed by atoms with van der Waals surface area (Å²) in [5, 5.41) is 5.59. The van der Waals surface area contributed by atoms with Gasteiger partial charge in [-0.3, -0.25) is 0 Å². The number of hydrogen-bond donors (Lipinski definition) is 1. The summed E-state index contributed by atoms with van der Waals surface area (Å²) in [6.07, 6.45) is 0. The molecule has 0 spiro atoms. The molecule has 0 unspecified atom stereocenters. The minimum Gasteiger partial charge on any atom is -0.368 e. The van der Waals surface area contributed by atoms with Crippen LogP contribution in [0.3, 0.4) is 0 Å². The topological polar surface area (TPSA) is 37.8 Å². The second kappa shape index (κ2) is 5.45. The third-order valence-corrected chi connectivity index (χ3v) is 4.87. The first-order chi connectivity index (χ1) is 10.1. The molecular formula is C17H19N3S. The summed E-state index contributed by atoms with van der Waals surface area (Å²) in [4.78, 5) is 10.7. The number of thiophene rings is 1. The van der Waals surface area contributed by atoms with Crippen LogP contribution in [0.1, 0.15) is 24.4 Å². The van der Waals surface area contributed by atoms with E-state index in [2.05, 4.69) is 46.6 Å². The minimum absolute atomic E-state index is 0.0773. The molecule has 2 heterocycles. The van der Waals surface area contributed by atoms with E-state index in [9.17, 15) is 0 Å². The Balaban J connectivity index is 1.83. The highest BCUT2D eigenvalue weighted by Gasteiger charge is 2.22. The van der Waals surface area contributed by atoms with Crippen molar-refractivity contribution in [1.29, 1.82) is 0 Å². The SMILES string of the molecule is Cc1nc2ccccc2nc1NCC(C)(C)c1cccs1. The van der Waals surface area contributed by atoms with Crippen LogP contribution in [0.4, 0.5) is 5.82 Å². The van der Waals surface area contributed by atoms with Gasteiger partial charge in [-0.05, 0) is 30.5 Å². The average Bonchev–Trinajstić information content (AvgIpc) is 3.00. The highest BCUT2D eigenvalue weighted by atomic mass is 32.1. The van der Waals surface area contributed by atoms with Gasteiger partial charge in [0.25, 0.3) is 0 Å². The molecule has 108 valence electrons. The lowest BCUT2D eigenvalue weighted by Gasteiger charge is -2.24. The number of anilines is 1. The zero-order valence-electron chi connectivity index (χ0n) is 12.6. The van der Waals surface area contributed by atoms with Crippen LogP contribution in [0.15, 0.2) is 41.8 Å². The molecule has 3 aromatic rings. The van der Waals surface area contributed by atoms with Crippen LogP contribution in [0.2, 0.25) is 0 Å². The van der Waals surface area contributed by atoms with Crippen LogP contribution in [0.5, 0.6) is 0 Å².